The van der Waals surface area contributed by atoms with Gasteiger partial charge in [0.2, 0.25) is 5.91 Å². The number of rotatable bonds is 9. The molecule has 0 saturated heterocycles. The van der Waals surface area contributed by atoms with Crippen LogP contribution in [0.25, 0.3) is 0 Å². The summed E-state index contributed by atoms with van der Waals surface area (Å²) in [7, 11) is 0. The molecule has 0 aromatic heterocycles. The van der Waals surface area contributed by atoms with Crippen molar-refractivity contribution in [1.82, 2.24) is 0 Å². The minimum absolute atomic E-state index is 0.0592. The quantitative estimate of drug-likeness (QED) is 0.683. The molecule has 1 aromatic rings. The first kappa shape index (κ1) is 18.2. The van der Waals surface area contributed by atoms with E-state index in [4.69, 9.17) is 16.2 Å². The van der Waals surface area contributed by atoms with Gasteiger partial charge >= 0.3 is 6.36 Å². The molecule has 22 heavy (non-hydrogen) atoms. The zero-order valence-electron chi connectivity index (χ0n) is 11.9. The summed E-state index contributed by atoms with van der Waals surface area (Å²) in [6.45, 7) is 0.992. The molecule has 123 valence electrons. The molecule has 4 N–H and O–H groups in total. The first-order valence-corrected chi connectivity index (χ1v) is 6.61. The average molecular weight is 319 g/mol. The normalized spacial score (nSPS) is 11.5. The lowest BCUT2D eigenvalue weighted by molar-refractivity contribution is -0.274. The van der Waals surface area contributed by atoms with Crippen LogP contribution in [0.15, 0.2) is 18.2 Å². The Morgan fingerprint density at radius 3 is 2.64 bits per heavy atom. The van der Waals surface area contributed by atoms with Gasteiger partial charge in [0.15, 0.2) is 0 Å². The molecule has 0 aliphatic heterocycles. The van der Waals surface area contributed by atoms with Crippen molar-refractivity contribution in [1.29, 1.82) is 0 Å². The van der Waals surface area contributed by atoms with Gasteiger partial charge < -0.3 is 20.9 Å². The lowest BCUT2D eigenvalue weighted by Gasteiger charge is -2.12. The predicted octanol–water partition coefficient (Wildman–Crippen LogP) is 2.14. The molecule has 0 aliphatic rings. The molecule has 0 fully saturated rings. The Morgan fingerprint density at radius 1 is 1.32 bits per heavy atom. The molecule has 1 radical (unpaired) electrons. The predicted molar refractivity (Wildman–Crippen MR) is 73.9 cm³/mol. The number of carbonyl (C=O) groups is 1. The Kier molecular flexibility index (Phi) is 7.13. The van der Waals surface area contributed by atoms with E-state index in [9.17, 15) is 18.0 Å². The van der Waals surface area contributed by atoms with Gasteiger partial charge in [-0.2, -0.15) is 0 Å². The molecule has 0 saturated carbocycles. The van der Waals surface area contributed by atoms with Crippen LogP contribution in [0.3, 0.4) is 0 Å². The maximum atomic E-state index is 12.1. The minimum atomic E-state index is -4.83. The second-order valence-electron chi connectivity index (χ2n) is 4.47. The second-order valence-corrected chi connectivity index (χ2v) is 4.47. The summed E-state index contributed by atoms with van der Waals surface area (Å²) in [5, 5.41) is 0. The van der Waals surface area contributed by atoms with E-state index < -0.39 is 18.0 Å². The number of hydrogen-bond acceptors (Lipinski definition) is 4. The molecule has 1 amide bonds. The van der Waals surface area contributed by atoms with E-state index in [1.807, 2.05) is 6.42 Å². The summed E-state index contributed by atoms with van der Waals surface area (Å²) >= 11 is 0. The van der Waals surface area contributed by atoms with Gasteiger partial charge in [-0.1, -0.05) is 6.07 Å². The molecule has 8 heteroatoms. The zero-order valence-corrected chi connectivity index (χ0v) is 11.9. The number of alkyl halides is 3. The summed E-state index contributed by atoms with van der Waals surface area (Å²) in [5.74, 6) is -1.35. The van der Waals surface area contributed by atoms with Crippen molar-refractivity contribution in [3.63, 3.8) is 0 Å². The van der Waals surface area contributed by atoms with E-state index in [1.54, 1.807) is 0 Å². The third-order valence-corrected chi connectivity index (χ3v) is 2.69. The van der Waals surface area contributed by atoms with Crippen LogP contribution < -0.4 is 16.2 Å². The molecule has 0 heterocycles. The van der Waals surface area contributed by atoms with Crippen molar-refractivity contribution in [3.05, 3.63) is 35.7 Å². The summed E-state index contributed by atoms with van der Waals surface area (Å²) < 4.78 is 45.5. The Balaban J connectivity index is 2.64. The van der Waals surface area contributed by atoms with E-state index in [1.165, 1.54) is 6.07 Å². The summed E-state index contributed by atoms with van der Waals surface area (Å²) in [5.41, 5.74) is 10.8. The highest BCUT2D eigenvalue weighted by Crippen LogP contribution is 2.25. The van der Waals surface area contributed by atoms with Crippen LogP contribution in [-0.2, 0) is 11.3 Å². The molecule has 0 spiro atoms. The second kappa shape index (κ2) is 8.60. The maximum absolute atomic E-state index is 12.1. The third kappa shape index (κ3) is 6.77. The Bertz CT molecular complexity index is 493. The van der Waals surface area contributed by atoms with Crippen LogP contribution in [0.1, 0.15) is 28.8 Å². The van der Waals surface area contributed by atoms with Gasteiger partial charge in [-0.3, -0.25) is 4.79 Å². The molecule has 0 atom stereocenters. The Hall–Kier alpha value is -1.80. The molecule has 0 aliphatic carbocycles. The largest absolute Gasteiger partial charge is 0.573 e. The number of benzene rings is 1. The first-order chi connectivity index (χ1) is 10.3. The SMILES string of the molecule is NCCC[CH]COCc1ccc(OC(F)(F)F)cc1C(N)=O. The monoisotopic (exact) mass is 319 g/mol. The van der Waals surface area contributed by atoms with Crippen molar-refractivity contribution in [2.45, 2.75) is 25.8 Å². The van der Waals surface area contributed by atoms with Gasteiger partial charge in [0.1, 0.15) is 5.75 Å². The molecule has 0 bridgehead atoms. The van der Waals surface area contributed by atoms with E-state index >= 15 is 0 Å². The summed E-state index contributed by atoms with van der Waals surface area (Å²) in [6.07, 6.45) is -1.29. The van der Waals surface area contributed by atoms with Gasteiger partial charge in [0, 0.05) is 5.56 Å². The van der Waals surface area contributed by atoms with Crippen molar-refractivity contribution in [2.75, 3.05) is 13.2 Å². The first-order valence-electron chi connectivity index (χ1n) is 6.61. The fourth-order valence-electron chi connectivity index (χ4n) is 1.71. The highest BCUT2D eigenvalue weighted by atomic mass is 19.4. The lowest BCUT2D eigenvalue weighted by Crippen LogP contribution is -2.19. The maximum Gasteiger partial charge on any atom is 0.573 e. The van der Waals surface area contributed by atoms with Crippen LogP contribution in [0, 0.1) is 6.42 Å². The molecular weight excluding hydrogens is 301 g/mol. The third-order valence-electron chi connectivity index (χ3n) is 2.69. The van der Waals surface area contributed by atoms with Crippen LogP contribution in [0.2, 0.25) is 0 Å². The number of hydrogen-bond donors (Lipinski definition) is 2. The molecule has 1 rings (SSSR count). The fraction of sp³-hybridized carbons (Fsp3) is 0.429. The van der Waals surface area contributed by atoms with Gasteiger partial charge in [0.25, 0.3) is 0 Å². The molecule has 1 aromatic carbocycles. The number of halogens is 3. The number of unbranched alkanes of at least 4 members (excludes halogenated alkanes) is 2. The summed E-state index contributed by atoms with van der Waals surface area (Å²) in [6, 6.07) is 3.38. The van der Waals surface area contributed by atoms with E-state index in [2.05, 4.69) is 4.74 Å². The number of ether oxygens (including phenoxy) is 2. The smallest absolute Gasteiger partial charge is 0.406 e. The van der Waals surface area contributed by atoms with Gasteiger partial charge in [-0.05, 0) is 43.5 Å². The standard InChI is InChI=1S/C14H18F3N2O3/c15-14(16,17)22-11-5-4-10(12(8-11)13(19)20)9-21-7-3-1-2-6-18/h3-5,8H,1-2,6-7,9,18H2,(H2,19,20). The van der Waals surface area contributed by atoms with Crippen molar-refractivity contribution >= 4 is 5.91 Å². The average Bonchev–Trinajstić information content (AvgIpc) is 2.42. The molecule has 5 nitrogen and oxygen atoms in total. The van der Waals surface area contributed by atoms with E-state index in [0.29, 0.717) is 18.7 Å². The van der Waals surface area contributed by atoms with Crippen LogP contribution in [0.5, 0.6) is 5.75 Å². The topological polar surface area (TPSA) is 87.6 Å². The Labute approximate surface area is 126 Å². The number of amides is 1. The van der Waals surface area contributed by atoms with E-state index in [0.717, 1.165) is 25.0 Å². The van der Waals surface area contributed by atoms with Gasteiger partial charge in [-0.15, -0.1) is 13.2 Å². The highest BCUT2D eigenvalue weighted by molar-refractivity contribution is 5.94. The molecule has 0 unspecified atom stereocenters. The van der Waals surface area contributed by atoms with E-state index in [-0.39, 0.29) is 12.2 Å². The van der Waals surface area contributed by atoms with Gasteiger partial charge in [-0.25, -0.2) is 0 Å². The zero-order chi connectivity index (χ0) is 16.6. The van der Waals surface area contributed by atoms with Crippen LogP contribution in [0.4, 0.5) is 13.2 Å². The fourth-order valence-corrected chi connectivity index (χ4v) is 1.71. The van der Waals surface area contributed by atoms with Crippen molar-refractivity contribution in [2.24, 2.45) is 11.5 Å². The minimum Gasteiger partial charge on any atom is -0.406 e. The number of primary amides is 1. The Morgan fingerprint density at radius 2 is 2.05 bits per heavy atom. The van der Waals surface area contributed by atoms with Crippen molar-refractivity contribution in [3.8, 4) is 5.75 Å². The number of carbonyl (C=O) groups excluding carboxylic acids is 1. The van der Waals surface area contributed by atoms with Crippen LogP contribution in [-0.4, -0.2) is 25.4 Å². The van der Waals surface area contributed by atoms with Crippen molar-refractivity contribution < 1.29 is 27.4 Å². The summed E-state index contributed by atoms with van der Waals surface area (Å²) in [4.78, 5) is 11.3. The molecular formula is C14H18F3N2O3. The van der Waals surface area contributed by atoms with Gasteiger partial charge in [0.05, 0.1) is 13.2 Å². The van der Waals surface area contributed by atoms with Crippen LogP contribution >= 0.6 is 0 Å². The number of nitrogens with two attached hydrogens (primary N) is 2. The highest BCUT2D eigenvalue weighted by Gasteiger charge is 2.31. The lowest BCUT2D eigenvalue weighted by atomic mass is 10.1.